The molecular weight excluding hydrogens is 274 g/mol. The van der Waals surface area contributed by atoms with Crippen LogP contribution in [0.4, 0.5) is 4.79 Å². The Morgan fingerprint density at radius 2 is 2.28 bits per heavy atom. The van der Waals surface area contributed by atoms with Gasteiger partial charge in [-0.3, -0.25) is 4.90 Å². The second-order valence-electron chi connectivity index (χ2n) is 4.32. The number of ether oxygens (including phenoxy) is 1. The molecule has 5 nitrogen and oxygen atoms in total. The van der Waals surface area contributed by atoms with Gasteiger partial charge < -0.3 is 4.74 Å². The number of cyclic esters (lactones) is 1. The predicted octanol–water partition coefficient (Wildman–Crippen LogP) is 1.07. The standard InChI is InChI=1S/C11H13NO4S2/c1-18(14,15)7-8-6-12(11(13)16-8)9-4-2-3-5-10(9)17/h2-4,8H,5-7H2,1H3. The smallest absolute Gasteiger partial charge is 0.414 e. The molecule has 1 amide bonds. The van der Waals surface area contributed by atoms with Crippen molar-refractivity contribution >= 4 is 33.0 Å². The molecule has 2 rings (SSSR count). The third-order valence-corrected chi connectivity index (χ3v) is 3.99. The maximum atomic E-state index is 11.7. The third kappa shape index (κ3) is 2.97. The zero-order valence-corrected chi connectivity index (χ0v) is 11.5. The molecule has 98 valence electrons. The number of carbonyl (C=O) groups is 1. The van der Waals surface area contributed by atoms with Crippen molar-refractivity contribution in [3.63, 3.8) is 0 Å². The van der Waals surface area contributed by atoms with E-state index < -0.39 is 22.0 Å². The van der Waals surface area contributed by atoms with Crippen LogP contribution in [-0.2, 0) is 14.6 Å². The number of amides is 1. The molecule has 1 unspecified atom stereocenters. The van der Waals surface area contributed by atoms with Crippen molar-refractivity contribution in [2.45, 2.75) is 12.5 Å². The summed E-state index contributed by atoms with van der Waals surface area (Å²) >= 11 is 5.18. The molecule has 1 heterocycles. The SMILES string of the molecule is CS(=O)(=O)CC1CN(C2=CC=CCC2=S)C(=O)O1. The summed E-state index contributed by atoms with van der Waals surface area (Å²) in [5.74, 6) is -0.162. The van der Waals surface area contributed by atoms with Crippen LogP contribution in [-0.4, -0.2) is 48.9 Å². The summed E-state index contributed by atoms with van der Waals surface area (Å²) in [6, 6.07) is 0. The highest BCUT2D eigenvalue weighted by Crippen LogP contribution is 2.22. The van der Waals surface area contributed by atoms with Gasteiger partial charge in [0, 0.05) is 17.5 Å². The molecule has 0 saturated carbocycles. The fraction of sp³-hybridized carbons (Fsp3) is 0.455. The maximum Gasteiger partial charge on any atom is 0.414 e. The molecule has 0 radical (unpaired) electrons. The quantitative estimate of drug-likeness (QED) is 0.726. The van der Waals surface area contributed by atoms with Crippen molar-refractivity contribution in [3.8, 4) is 0 Å². The summed E-state index contributed by atoms with van der Waals surface area (Å²) in [4.78, 5) is 13.8. The van der Waals surface area contributed by atoms with E-state index in [1.165, 1.54) is 4.90 Å². The van der Waals surface area contributed by atoms with Crippen LogP contribution in [0.25, 0.3) is 0 Å². The van der Waals surface area contributed by atoms with Gasteiger partial charge in [-0.2, -0.15) is 0 Å². The van der Waals surface area contributed by atoms with Crippen LogP contribution in [0, 0.1) is 0 Å². The average Bonchev–Trinajstić information content (AvgIpc) is 2.57. The molecule has 0 aromatic heterocycles. The summed E-state index contributed by atoms with van der Waals surface area (Å²) in [5.41, 5.74) is 0.633. The molecule has 1 aliphatic carbocycles. The summed E-state index contributed by atoms with van der Waals surface area (Å²) in [5, 5.41) is 0. The van der Waals surface area contributed by atoms with Crippen LogP contribution in [0.3, 0.4) is 0 Å². The van der Waals surface area contributed by atoms with Gasteiger partial charge in [-0.1, -0.05) is 24.4 Å². The van der Waals surface area contributed by atoms with E-state index in [9.17, 15) is 13.2 Å². The minimum atomic E-state index is -3.17. The van der Waals surface area contributed by atoms with Crippen molar-refractivity contribution in [2.75, 3.05) is 18.6 Å². The van der Waals surface area contributed by atoms with Crippen LogP contribution in [0.15, 0.2) is 23.9 Å². The molecule has 0 aromatic carbocycles. The van der Waals surface area contributed by atoms with Crippen LogP contribution < -0.4 is 0 Å². The molecule has 0 aromatic rings. The first-order valence-corrected chi connectivity index (χ1v) is 7.89. The van der Waals surface area contributed by atoms with Gasteiger partial charge in [-0.05, 0) is 6.08 Å². The summed E-state index contributed by atoms with van der Waals surface area (Å²) in [6.45, 7) is 0.228. The molecule has 2 aliphatic rings. The second kappa shape index (κ2) is 4.81. The second-order valence-corrected chi connectivity index (χ2v) is 6.99. The van der Waals surface area contributed by atoms with Crippen molar-refractivity contribution < 1.29 is 17.9 Å². The highest BCUT2D eigenvalue weighted by Gasteiger charge is 2.36. The highest BCUT2D eigenvalue weighted by atomic mass is 32.2. The average molecular weight is 287 g/mol. The Morgan fingerprint density at radius 3 is 2.89 bits per heavy atom. The third-order valence-electron chi connectivity index (χ3n) is 2.63. The monoisotopic (exact) mass is 287 g/mol. The number of carbonyl (C=O) groups excluding carboxylic acids is 1. The first-order valence-electron chi connectivity index (χ1n) is 5.43. The number of thiocarbonyl (C=S) groups is 1. The van der Waals surface area contributed by atoms with Gasteiger partial charge in [0.25, 0.3) is 0 Å². The van der Waals surface area contributed by atoms with E-state index in [4.69, 9.17) is 17.0 Å². The Bertz CT molecular complexity index is 547. The maximum absolute atomic E-state index is 11.7. The van der Waals surface area contributed by atoms with Gasteiger partial charge in [0.1, 0.15) is 6.10 Å². The van der Waals surface area contributed by atoms with Crippen LogP contribution in [0.2, 0.25) is 0 Å². The first-order chi connectivity index (χ1) is 8.37. The summed E-state index contributed by atoms with van der Waals surface area (Å²) in [6.07, 6.45) is 6.05. The van der Waals surface area contributed by atoms with Crippen LogP contribution in [0.1, 0.15) is 6.42 Å². The number of hydrogen-bond acceptors (Lipinski definition) is 5. The molecule has 1 saturated heterocycles. The van der Waals surface area contributed by atoms with Gasteiger partial charge >= 0.3 is 6.09 Å². The summed E-state index contributed by atoms with van der Waals surface area (Å²) < 4.78 is 27.4. The zero-order chi connectivity index (χ0) is 13.3. The zero-order valence-electron chi connectivity index (χ0n) is 9.83. The van der Waals surface area contributed by atoms with E-state index in [1.807, 2.05) is 12.2 Å². The van der Waals surface area contributed by atoms with E-state index in [0.717, 1.165) is 6.26 Å². The number of nitrogens with zero attached hydrogens (tertiary/aromatic N) is 1. The fourth-order valence-electron chi connectivity index (χ4n) is 1.92. The van der Waals surface area contributed by atoms with Gasteiger partial charge in [-0.15, -0.1) is 0 Å². The molecule has 7 heteroatoms. The van der Waals surface area contributed by atoms with Crippen LogP contribution >= 0.6 is 12.2 Å². The molecule has 18 heavy (non-hydrogen) atoms. The predicted molar refractivity (Wildman–Crippen MR) is 71.1 cm³/mol. The Morgan fingerprint density at radius 1 is 1.56 bits per heavy atom. The molecule has 0 bridgehead atoms. The van der Waals surface area contributed by atoms with Crippen molar-refractivity contribution in [1.82, 2.24) is 4.90 Å². The lowest BCUT2D eigenvalue weighted by Crippen LogP contribution is -2.30. The molecule has 0 spiro atoms. The highest BCUT2D eigenvalue weighted by molar-refractivity contribution is 7.90. The normalized spacial score (nSPS) is 24.2. The lowest BCUT2D eigenvalue weighted by molar-refractivity contribution is 0.143. The molecule has 1 aliphatic heterocycles. The lowest BCUT2D eigenvalue weighted by atomic mass is 10.1. The van der Waals surface area contributed by atoms with E-state index in [0.29, 0.717) is 17.0 Å². The molecular formula is C11H13NO4S2. The number of rotatable bonds is 3. The minimum absolute atomic E-state index is 0.162. The number of sulfone groups is 1. The van der Waals surface area contributed by atoms with E-state index in [1.54, 1.807) is 6.08 Å². The Hall–Kier alpha value is -1.21. The van der Waals surface area contributed by atoms with Gasteiger partial charge in [0.15, 0.2) is 9.84 Å². The van der Waals surface area contributed by atoms with Gasteiger partial charge in [0.05, 0.1) is 18.0 Å². The fourth-order valence-corrected chi connectivity index (χ4v) is 3.04. The number of allylic oxidation sites excluding steroid dienone is 4. The van der Waals surface area contributed by atoms with Gasteiger partial charge in [0.2, 0.25) is 0 Å². The molecule has 0 N–H and O–H groups in total. The molecule has 1 fully saturated rings. The van der Waals surface area contributed by atoms with Crippen molar-refractivity contribution in [1.29, 1.82) is 0 Å². The Balaban J connectivity index is 2.12. The molecule has 1 atom stereocenters. The topological polar surface area (TPSA) is 63.7 Å². The largest absolute Gasteiger partial charge is 0.443 e. The van der Waals surface area contributed by atoms with Crippen LogP contribution in [0.5, 0.6) is 0 Å². The minimum Gasteiger partial charge on any atom is -0.443 e. The number of hydrogen-bond donors (Lipinski definition) is 0. The lowest BCUT2D eigenvalue weighted by Gasteiger charge is -2.19. The Labute approximate surface area is 111 Å². The summed E-state index contributed by atoms with van der Waals surface area (Å²) in [7, 11) is -3.17. The van der Waals surface area contributed by atoms with Crippen molar-refractivity contribution in [2.24, 2.45) is 0 Å². The first kappa shape index (κ1) is 13.2. The van der Waals surface area contributed by atoms with E-state index in [-0.39, 0.29) is 12.3 Å². The Kier molecular flexibility index (Phi) is 3.54. The van der Waals surface area contributed by atoms with E-state index >= 15 is 0 Å². The van der Waals surface area contributed by atoms with E-state index in [2.05, 4.69) is 0 Å². The van der Waals surface area contributed by atoms with Gasteiger partial charge in [-0.25, -0.2) is 13.2 Å². The van der Waals surface area contributed by atoms with Crippen molar-refractivity contribution in [3.05, 3.63) is 23.9 Å².